The predicted molar refractivity (Wildman–Crippen MR) is 112 cm³/mol. The standard InChI is InChI=1S/C21H25ClN4O3/c1-29-19-5-2-13(10-18(19)28)12-23-20-16-4-3-14(22)11-17(16)21(25-24-20)26-8-6-15(27)7-9-26/h2-5,10-11,15,21,25,27-28H,6-9,12H2,1H3,(H,23,24). The van der Waals surface area contributed by atoms with Crippen LogP contribution in [0.2, 0.25) is 5.02 Å². The molecule has 8 heteroatoms. The Labute approximate surface area is 174 Å². The van der Waals surface area contributed by atoms with Crippen LogP contribution in [0.5, 0.6) is 11.5 Å². The Hall–Kier alpha value is -2.32. The van der Waals surface area contributed by atoms with E-state index in [9.17, 15) is 10.2 Å². The molecule has 2 aliphatic heterocycles. The van der Waals surface area contributed by atoms with Gasteiger partial charge < -0.3 is 20.4 Å². The summed E-state index contributed by atoms with van der Waals surface area (Å²) >= 11 is 6.28. The zero-order chi connectivity index (χ0) is 20.4. The Morgan fingerprint density at radius 2 is 2.00 bits per heavy atom. The number of halogens is 1. The second-order valence-corrected chi connectivity index (χ2v) is 7.78. The van der Waals surface area contributed by atoms with E-state index in [1.54, 1.807) is 12.1 Å². The highest BCUT2D eigenvalue weighted by atomic mass is 35.5. The molecule has 2 heterocycles. The Bertz CT molecular complexity index is 913. The molecule has 154 valence electrons. The van der Waals surface area contributed by atoms with Crippen molar-refractivity contribution in [3.8, 4) is 11.5 Å². The number of ether oxygens (including phenoxy) is 1. The van der Waals surface area contributed by atoms with Crippen LogP contribution in [0.15, 0.2) is 41.4 Å². The number of nitrogens with one attached hydrogen (secondary N) is 2. The van der Waals surface area contributed by atoms with E-state index in [4.69, 9.17) is 21.3 Å². The summed E-state index contributed by atoms with van der Waals surface area (Å²) in [5.74, 6) is 1.26. The lowest BCUT2D eigenvalue weighted by atomic mass is 9.99. The van der Waals surface area contributed by atoms with E-state index in [2.05, 4.69) is 15.8 Å². The summed E-state index contributed by atoms with van der Waals surface area (Å²) in [5, 5.41) is 20.5. The number of piperidine rings is 1. The van der Waals surface area contributed by atoms with Crippen LogP contribution >= 0.6 is 11.6 Å². The van der Waals surface area contributed by atoms with Crippen LogP contribution in [0.25, 0.3) is 0 Å². The van der Waals surface area contributed by atoms with Gasteiger partial charge in [0.15, 0.2) is 11.5 Å². The molecule has 0 radical (unpaired) electrons. The van der Waals surface area contributed by atoms with Gasteiger partial charge >= 0.3 is 0 Å². The maximum Gasteiger partial charge on any atom is 0.160 e. The number of nitrogens with zero attached hydrogens (tertiary/aromatic N) is 2. The fraction of sp³-hybridized carbons (Fsp3) is 0.381. The van der Waals surface area contributed by atoms with Gasteiger partial charge in [-0.25, -0.2) is 5.43 Å². The molecule has 4 N–H and O–H groups in total. The second-order valence-electron chi connectivity index (χ2n) is 7.34. The number of benzene rings is 2. The lowest BCUT2D eigenvalue weighted by Crippen LogP contribution is -2.54. The van der Waals surface area contributed by atoms with E-state index in [0.29, 0.717) is 17.3 Å². The fourth-order valence-corrected chi connectivity index (χ4v) is 4.00. The molecule has 0 amide bonds. The highest BCUT2D eigenvalue weighted by molar-refractivity contribution is 6.30. The number of aliphatic hydroxyl groups excluding tert-OH is 1. The number of rotatable bonds is 4. The number of hydrogen-bond donors (Lipinski definition) is 4. The summed E-state index contributed by atoms with van der Waals surface area (Å²) in [6.45, 7) is 2.03. The van der Waals surface area contributed by atoms with Crippen molar-refractivity contribution in [2.75, 3.05) is 20.2 Å². The number of hydrazine groups is 1. The topological polar surface area (TPSA) is 89.4 Å². The predicted octanol–water partition coefficient (Wildman–Crippen LogP) is 2.56. The molecule has 0 bridgehead atoms. The van der Waals surface area contributed by atoms with Crippen molar-refractivity contribution in [3.05, 3.63) is 58.1 Å². The quantitative estimate of drug-likeness (QED) is 0.612. The number of aromatic hydroxyl groups is 1. The van der Waals surface area contributed by atoms with Gasteiger partial charge in [0.05, 0.1) is 19.8 Å². The lowest BCUT2D eigenvalue weighted by Gasteiger charge is -2.40. The molecule has 0 saturated carbocycles. The molecular weight excluding hydrogens is 392 g/mol. The molecule has 2 aromatic carbocycles. The van der Waals surface area contributed by atoms with E-state index in [1.165, 1.54) is 7.11 Å². The Morgan fingerprint density at radius 3 is 2.72 bits per heavy atom. The number of likely N-dealkylation sites (tertiary alicyclic amines) is 1. The summed E-state index contributed by atoms with van der Waals surface area (Å²) in [4.78, 5) is 7.00. The number of phenols is 1. The molecule has 0 aromatic heterocycles. The van der Waals surface area contributed by atoms with Gasteiger partial charge in [-0.1, -0.05) is 17.7 Å². The van der Waals surface area contributed by atoms with Crippen molar-refractivity contribution < 1.29 is 14.9 Å². The molecule has 7 nitrogen and oxygen atoms in total. The molecule has 1 unspecified atom stereocenters. The minimum absolute atomic E-state index is 0.0415. The molecule has 29 heavy (non-hydrogen) atoms. The molecule has 1 atom stereocenters. The average molecular weight is 417 g/mol. The summed E-state index contributed by atoms with van der Waals surface area (Å²) < 4.78 is 5.09. The molecule has 0 spiro atoms. The number of aliphatic hydroxyl groups is 1. The highest BCUT2D eigenvalue weighted by Gasteiger charge is 2.31. The van der Waals surface area contributed by atoms with Crippen molar-refractivity contribution in [3.63, 3.8) is 0 Å². The first kappa shape index (κ1) is 20.0. The van der Waals surface area contributed by atoms with Gasteiger partial charge in [-0.3, -0.25) is 9.89 Å². The van der Waals surface area contributed by atoms with E-state index in [0.717, 1.165) is 48.5 Å². The van der Waals surface area contributed by atoms with Crippen LogP contribution in [0, 0.1) is 0 Å². The van der Waals surface area contributed by atoms with Gasteiger partial charge in [-0.2, -0.15) is 0 Å². The lowest BCUT2D eigenvalue weighted by molar-refractivity contribution is 0.0476. The van der Waals surface area contributed by atoms with Gasteiger partial charge in [0.1, 0.15) is 12.0 Å². The Morgan fingerprint density at radius 1 is 1.21 bits per heavy atom. The first-order valence-electron chi connectivity index (χ1n) is 9.69. The maximum absolute atomic E-state index is 9.97. The highest BCUT2D eigenvalue weighted by Crippen LogP contribution is 2.30. The van der Waals surface area contributed by atoms with Gasteiger partial charge in [-0.15, -0.1) is 0 Å². The van der Waals surface area contributed by atoms with E-state index in [1.807, 2.05) is 24.3 Å². The Kier molecular flexibility index (Phi) is 5.91. The van der Waals surface area contributed by atoms with Gasteiger partial charge in [-0.05, 0) is 54.3 Å². The maximum atomic E-state index is 9.97. The second kappa shape index (κ2) is 8.59. The van der Waals surface area contributed by atoms with Crippen LogP contribution in [-0.4, -0.2) is 47.3 Å². The number of phenolic OH excluding ortho intramolecular Hbond substituents is 1. The van der Waals surface area contributed by atoms with Crippen LogP contribution < -0.4 is 15.6 Å². The minimum Gasteiger partial charge on any atom is -0.504 e. The first-order valence-corrected chi connectivity index (χ1v) is 10.1. The zero-order valence-corrected chi connectivity index (χ0v) is 17.0. The molecule has 1 fully saturated rings. The molecule has 2 aromatic rings. The van der Waals surface area contributed by atoms with Crippen LogP contribution in [0.1, 0.15) is 35.7 Å². The third kappa shape index (κ3) is 4.33. The van der Waals surface area contributed by atoms with E-state index in [-0.39, 0.29) is 18.0 Å². The van der Waals surface area contributed by atoms with E-state index >= 15 is 0 Å². The van der Waals surface area contributed by atoms with Gasteiger partial charge in [0.2, 0.25) is 0 Å². The molecule has 4 rings (SSSR count). The normalized spacial score (nSPS) is 21.6. The molecular formula is C21H25ClN4O3. The third-order valence-corrected chi connectivity index (χ3v) is 5.65. The summed E-state index contributed by atoms with van der Waals surface area (Å²) in [6, 6.07) is 11.1. The zero-order valence-electron chi connectivity index (χ0n) is 16.2. The average Bonchev–Trinajstić information content (AvgIpc) is 2.72. The summed E-state index contributed by atoms with van der Waals surface area (Å²) in [6.07, 6.45) is 1.26. The largest absolute Gasteiger partial charge is 0.504 e. The molecule has 1 saturated heterocycles. The molecule has 0 aliphatic carbocycles. The number of aliphatic imine (C=N–C) groups is 1. The van der Waals surface area contributed by atoms with Crippen molar-refractivity contribution in [1.82, 2.24) is 15.8 Å². The van der Waals surface area contributed by atoms with Crippen LogP contribution in [0.4, 0.5) is 0 Å². The third-order valence-electron chi connectivity index (χ3n) is 5.42. The van der Waals surface area contributed by atoms with Gasteiger partial charge in [0.25, 0.3) is 0 Å². The van der Waals surface area contributed by atoms with Gasteiger partial charge in [0, 0.05) is 23.7 Å². The van der Waals surface area contributed by atoms with Crippen molar-refractivity contribution >= 4 is 17.4 Å². The smallest absolute Gasteiger partial charge is 0.160 e. The number of amidine groups is 1. The monoisotopic (exact) mass is 416 g/mol. The van der Waals surface area contributed by atoms with Crippen molar-refractivity contribution in [1.29, 1.82) is 0 Å². The molecule has 2 aliphatic rings. The SMILES string of the molecule is COc1ccc(CN=C2NNC(N3CCC(O)CC3)c3cc(Cl)ccc32)cc1O. The Balaban J connectivity index is 1.58. The van der Waals surface area contributed by atoms with Crippen LogP contribution in [-0.2, 0) is 6.54 Å². The fourth-order valence-electron chi connectivity index (χ4n) is 3.82. The van der Waals surface area contributed by atoms with E-state index < -0.39 is 0 Å². The van der Waals surface area contributed by atoms with Crippen molar-refractivity contribution in [2.24, 2.45) is 4.99 Å². The minimum atomic E-state index is -0.223. The summed E-state index contributed by atoms with van der Waals surface area (Å²) in [5.41, 5.74) is 9.49. The number of hydrogen-bond acceptors (Lipinski definition) is 6. The summed E-state index contributed by atoms with van der Waals surface area (Å²) in [7, 11) is 1.52. The van der Waals surface area contributed by atoms with Crippen LogP contribution in [0.3, 0.4) is 0 Å². The first-order chi connectivity index (χ1) is 14.0. The number of methoxy groups -OCH3 is 1. The number of fused-ring (bicyclic) bond motifs is 1. The van der Waals surface area contributed by atoms with Crippen molar-refractivity contribution in [2.45, 2.75) is 31.7 Å².